The molecule has 1 N–H and O–H groups in total. The summed E-state index contributed by atoms with van der Waals surface area (Å²) in [5.74, 6) is -0.957. The number of hydrogen-bond acceptors (Lipinski definition) is 9. The maximum atomic E-state index is 12.1. The van der Waals surface area contributed by atoms with Crippen molar-refractivity contribution in [1.29, 1.82) is 0 Å². The highest BCUT2D eigenvalue weighted by atomic mass is 16.6. The van der Waals surface area contributed by atoms with E-state index in [1.807, 2.05) is 69.2 Å². The van der Waals surface area contributed by atoms with Gasteiger partial charge in [-0.1, -0.05) is 20.8 Å². The number of ether oxygens (including phenoxy) is 4. The van der Waals surface area contributed by atoms with Crippen LogP contribution in [-0.2, 0) is 42.9 Å². The molecule has 3 aliphatic rings. The van der Waals surface area contributed by atoms with Crippen molar-refractivity contribution in [3.63, 3.8) is 0 Å². The average Bonchev–Trinajstić information content (AvgIpc) is 3.53. The quantitative estimate of drug-likeness (QED) is 0.211. The minimum absolute atomic E-state index is 0.0779. The van der Waals surface area contributed by atoms with Crippen LogP contribution in [0.5, 0.6) is 0 Å². The highest BCUT2D eigenvalue weighted by Crippen LogP contribution is 2.55. The molecule has 6 atom stereocenters. The van der Waals surface area contributed by atoms with Crippen molar-refractivity contribution in [3.05, 3.63) is 0 Å². The molecule has 10 heteroatoms. The van der Waals surface area contributed by atoms with E-state index in [4.69, 9.17) is 24.1 Å². The lowest BCUT2D eigenvalue weighted by Gasteiger charge is -2.29. The summed E-state index contributed by atoms with van der Waals surface area (Å²) in [7, 11) is 0. The molecule has 1 heterocycles. The molecule has 10 nitrogen and oxygen atoms in total. The molecule has 0 aromatic rings. The second-order valence-corrected chi connectivity index (χ2v) is 15.3. The van der Waals surface area contributed by atoms with E-state index in [1.165, 1.54) is 0 Å². The van der Waals surface area contributed by atoms with Crippen molar-refractivity contribution in [2.75, 3.05) is 0 Å². The Morgan fingerprint density at radius 3 is 1.75 bits per heavy atom. The molecule has 2 saturated carbocycles. The topological polar surface area (TPSA) is 143 Å². The maximum Gasteiger partial charge on any atom is 0.312 e. The predicted molar refractivity (Wildman–Crippen MR) is 165 cm³/mol. The summed E-state index contributed by atoms with van der Waals surface area (Å²) in [5.41, 5.74) is -1.71. The van der Waals surface area contributed by atoms with E-state index in [0.717, 1.165) is 25.7 Å². The minimum atomic E-state index is -0.959. The second kappa shape index (κ2) is 15.1. The van der Waals surface area contributed by atoms with Crippen molar-refractivity contribution in [1.82, 2.24) is 0 Å². The lowest BCUT2D eigenvalue weighted by molar-refractivity contribution is -0.170. The first-order valence-corrected chi connectivity index (χ1v) is 16.0. The largest absolute Gasteiger partial charge is 0.481 e. The van der Waals surface area contributed by atoms with Gasteiger partial charge in [0.2, 0.25) is 0 Å². The van der Waals surface area contributed by atoms with Crippen LogP contribution in [0.4, 0.5) is 0 Å². The van der Waals surface area contributed by atoms with Gasteiger partial charge in [-0.3, -0.25) is 24.0 Å². The van der Waals surface area contributed by atoms with Crippen molar-refractivity contribution >= 4 is 29.8 Å². The van der Waals surface area contributed by atoms with E-state index >= 15 is 0 Å². The van der Waals surface area contributed by atoms with Gasteiger partial charge >= 0.3 is 29.8 Å². The Labute approximate surface area is 264 Å². The third-order valence-corrected chi connectivity index (χ3v) is 9.14. The number of aliphatic carboxylic acids is 1. The lowest BCUT2D eigenvalue weighted by atomic mass is 9.87. The number of carboxylic acid groups (broad SMARTS) is 1. The Morgan fingerprint density at radius 1 is 0.818 bits per heavy atom. The van der Waals surface area contributed by atoms with Gasteiger partial charge in [-0.15, -0.1) is 0 Å². The molecule has 2 aliphatic carbocycles. The fraction of sp³-hybridized carbons (Fsp3) is 0.853. The zero-order chi connectivity index (χ0) is 34.4. The number of carboxylic acids is 1. The van der Waals surface area contributed by atoms with E-state index in [2.05, 4.69) is 0 Å². The Hall–Kier alpha value is -2.65. The van der Waals surface area contributed by atoms with Gasteiger partial charge in [-0.2, -0.15) is 0 Å². The Kier molecular flexibility index (Phi) is 13.5. The number of rotatable bonds is 10. The maximum absolute atomic E-state index is 12.1. The number of carbonyl (C=O) groups is 5. The number of hydrogen-bond donors (Lipinski definition) is 1. The zero-order valence-electron chi connectivity index (χ0n) is 29.3. The highest BCUT2D eigenvalue weighted by molar-refractivity contribution is 5.79. The molecule has 0 amide bonds. The smallest absolute Gasteiger partial charge is 0.312 e. The molecule has 0 aromatic carbocycles. The van der Waals surface area contributed by atoms with Crippen LogP contribution in [0.2, 0.25) is 0 Å². The van der Waals surface area contributed by atoms with Crippen LogP contribution >= 0.6 is 0 Å². The van der Waals surface area contributed by atoms with Gasteiger partial charge in [-0.05, 0) is 101 Å². The molecule has 6 unspecified atom stereocenters. The molecule has 44 heavy (non-hydrogen) atoms. The van der Waals surface area contributed by atoms with Gasteiger partial charge in [0, 0.05) is 11.8 Å². The summed E-state index contributed by atoms with van der Waals surface area (Å²) in [5, 5.41) is 8.47. The summed E-state index contributed by atoms with van der Waals surface area (Å²) >= 11 is 0. The van der Waals surface area contributed by atoms with Gasteiger partial charge in [-0.25, -0.2) is 0 Å². The van der Waals surface area contributed by atoms with Crippen LogP contribution < -0.4 is 0 Å². The normalized spacial score (nSPS) is 24.6. The van der Waals surface area contributed by atoms with E-state index in [0.29, 0.717) is 18.3 Å². The summed E-state index contributed by atoms with van der Waals surface area (Å²) in [6, 6.07) is 0. The van der Waals surface area contributed by atoms with E-state index < -0.39 is 22.9 Å². The molecule has 2 bridgehead atoms. The van der Waals surface area contributed by atoms with Crippen molar-refractivity contribution in [2.45, 2.75) is 152 Å². The van der Waals surface area contributed by atoms with Crippen molar-refractivity contribution in [2.24, 2.45) is 34.0 Å². The Morgan fingerprint density at radius 2 is 1.30 bits per heavy atom. The van der Waals surface area contributed by atoms with Crippen LogP contribution in [0.25, 0.3) is 0 Å². The van der Waals surface area contributed by atoms with Crippen LogP contribution in [0.15, 0.2) is 0 Å². The van der Waals surface area contributed by atoms with Crippen LogP contribution in [0.3, 0.4) is 0 Å². The zero-order valence-corrected chi connectivity index (χ0v) is 29.3. The van der Waals surface area contributed by atoms with Crippen molar-refractivity contribution < 1.29 is 48.0 Å². The third kappa shape index (κ3) is 10.8. The van der Waals surface area contributed by atoms with E-state index in [-0.39, 0.29) is 59.4 Å². The molecule has 1 saturated heterocycles. The summed E-state index contributed by atoms with van der Waals surface area (Å²) in [6.45, 7) is 24.3. The number of esters is 4. The molecule has 3 rings (SSSR count). The van der Waals surface area contributed by atoms with E-state index in [1.54, 1.807) is 20.8 Å². The van der Waals surface area contributed by atoms with Gasteiger partial charge in [0.15, 0.2) is 0 Å². The van der Waals surface area contributed by atoms with Gasteiger partial charge in [0.25, 0.3) is 0 Å². The summed E-state index contributed by atoms with van der Waals surface area (Å²) < 4.78 is 21.3. The first-order valence-electron chi connectivity index (χ1n) is 16.0. The highest BCUT2D eigenvalue weighted by Gasteiger charge is 2.63. The fourth-order valence-electron chi connectivity index (χ4n) is 4.83. The summed E-state index contributed by atoms with van der Waals surface area (Å²) in [6.07, 6.45) is 2.97. The van der Waals surface area contributed by atoms with Gasteiger partial charge in [0.05, 0.1) is 28.6 Å². The molecule has 0 spiro atoms. The molecule has 0 aromatic heterocycles. The average molecular weight is 627 g/mol. The molecular weight excluding hydrogens is 568 g/mol. The third-order valence-electron chi connectivity index (χ3n) is 9.14. The van der Waals surface area contributed by atoms with Crippen molar-refractivity contribution in [3.8, 4) is 0 Å². The molecule has 254 valence electrons. The van der Waals surface area contributed by atoms with Crippen LogP contribution in [-0.4, -0.2) is 58.9 Å². The molecule has 0 radical (unpaired) electrons. The fourth-order valence-corrected chi connectivity index (χ4v) is 4.83. The molecule has 1 aliphatic heterocycles. The molecular formula is C34H58O10. The predicted octanol–water partition coefficient (Wildman–Crippen LogP) is 6.51. The Balaban J connectivity index is 0.000000340. The van der Waals surface area contributed by atoms with Crippen LogP contribution in [0.1, 0.15) is 129 Å². The first-order chi connectivity index (χ1) is 19.9. The Bertz CT molecular complexity index is 1040. The SMILES string of the molecule is CCC(C)(C)C(=O)OC(C)(C)C.CCC(C)(C)C(=O)OC(C)CC(=O)O.CCC(C)(C)C(=O)OC1C2CC3C(=O)OC1C3C2. The molecule has 3 fully saturated rings. The van der Waals surface area contributed by atoms with Gasteiger partial charge in [0.1, 0.15) is 23.9 Å². The van der Waals surface area contributed by atoms with Crippen LogP contribution in [0, 0.1) is 34.0 Å². The van der Waals surface area contributed by atoms with E-state index in [9.17, 15) is 24.0 Å². The first kappa shape index (κ1) is 39.4. The van der Waals surface area contributed by atoms with Gasteiger partial charge < -0.3 is 24.1 Å². The monoisotopic (exact) mass is 626 g/mol. The number of fused-ring (bicyclic) bond motifs is 1. The minimum Gasteiger partial charge on any atom is -0.481 e. The number of carbonyl (C=O) groups excluding carboxylic acids is 4. The lowest BCUT2D eigenvalue weighted by Crippen LogP contribution is -2.39. The summed E-state index contributed by atoms with van der Waals surface area (Å²) in [4.78, 5) is 57.0. The standard InChI is InChI=1S/C14H20O4.C10H18O4.C10H20O2/c1-4-14(2,3)13(16)18-10-7-5-8-9(6-7)12(15)17-11(8)10;1-5-10(3,4)9(13)14-7(2)6-8(11)12;1-7-10(5,6)8(11)12-9(2,3)4/h7-11H,4-6H2,1-3H3;7H,5-6H2,1-4H3,(H,11,12);7H2,1-6H3. The second-order valence-electron chi connectivity index (χ2n) is 15.3.